The van der Waals surface area contributed by atoms with Gasteiger partial charge >= 0.3 is 0 Å². The van der Waals surface area contributed by atoms with E-state index in [1.807, 2.05) is 0 Å². The zero-order chi connectivity index (χ0) is 10.4. The summed E-state index contributed by atoms with van der Waals surface area (Å²) in [6, 6.07) is 1.26. The molecule has 2 atom stereocenters. The van der Waals surface area contributed by atoms with Gasteiger partial charge in [-0.05, 0) is 33.4 Å². The van der Waals surface area contributed by atoms with E-state index in [4.69, 9.17) is 4.74 Å². The van der Waals surface area contributed by atoms with Crippen molar-refractivity contribution in [2.45, 2.75) is 38.8 Å². The lowest BCUT2D eigenvalue weighted by Crippen LogP contribution is -2.43. The smallest absolute Gasteiger partial charge is 0.0620 e. The van der Waals surface area contributed by atoms with Gasteiger partial charge in [0.05, 0.1) is 13.2 Å². The van der Waals surface area contributed by atoms with Crippen LogP contribution < -0.4 is 5.32 Å². The molecule has 0 bridgehead atoms. The van der Waals surface area contributed by atoms with Gasteiger partial charge in [0, 0.05) is 18.6 Å². The molecule has 0 radical (unpaired) electrons. The molecular weight excluding hydrogens is 176 g/mol. The molecule has 1 fully saturated rings. The second kappa shape index (κ2) is 6.38. The number of rotatable bonds is 5. The summed E-state index contributed by atoms with van der Waals surface area (Å²) in [4.78, 5) is 2.43. The van der Waals surface area contributed by atoms with Crippen LogP contribution in [0.25, 0.3) is 0 Å². The van der Waals surface area contributed by atoms with E-state index >= 15 is 0 Å². The molecule has 0 aromatic carbocycles. The minimum absolute atomic E-state index is 0.565. The summed E-state index contributed by atoms with van der Waals surface area (Å²) in [6.07, 6.45) is 2.42. The van der Waals surface area contributed by atoms with Crippen LogP contribution in [0.4, 0.5) is 0 Å². The number of ether oxygens (including phenoxy) is 1. The molecule has 3 nitrogen and oxygen atoms in total. The number of nitrogens with zero attached hydrogens (tertiary/aromatic N) is 1. The molecule has 0 aromatic heterocycles. The van der Waals surface area contributed by atoms with E-state index in [1.54, 1.807) is 0 Å². The third kappa shape index (κ3) is 3.95. The van der Waals surface area contributed by atoms with Crippen LogP contribution in [0.2, 0.25) is 0 Å². The van der Waals surface area contributed by atoms with E-state index in [-0.39, 0.29) is 0 Å². The van der Waals surface area contributed by atoms with Crippen LogP contribution in [0.1, 0.15) is 26.7 Å². The van der Waals surface area contributed by atoms with Gasteiger partial charge in [0.15, 0.2) is 0 Å². The van der Waals surface area contributed by atoms with Gasteiger partial charge in [-0.1, -0.05) is 6.92 Å². The molecule has 3 heteroatoms. The van der Waals surface area contributed by atoms with Crippen LogP contribution in [0, 0.1) is 0 Å². The molecule has 84 valence electrons. The highest BCUT2D eigenvalue weighted by Gasteiger charge is 2.14. The lowest BCUT2D eigenvalue weighted by atomic mass is 10.1. The molecule has 1 rings (SSSR count). The van der Waals surface area contributed by atoms with Gasteiger partial charge in [0.2, 0.25) is 0 Å². The van der Waals surface area contributed by atoms with Crippen LogP contribution in [0.3, 0.4) is 0 Å². The lowest BCUT2D eigenvalue weighted by molar-refractivity contribution is 0.0694. The van der Waals surface area contributed by atoms with Crippen LogP contribution in [0.15, 0.2) is 0 Å². The number of hydrogen-bond acceptors (Lipinski definition) is 3. The molecule has 1 aliphatic heterocycles. The van der Waals surface area contributed by atoms with Gasteiger partial charge in [0.25, 0.3) is 0 Å². The Morgan fingerprint density at radius 3 is 2.93 bits per heavy atom. The topological polar surface area (TPSA) is 24.5 Å². The average molecular weight is 200 g/mol. The average Bonchev–Trinajstić information content (AvgIpc) is 2.26. The summed E-state index contributed by atoms with van der Waals surface area (Å²) < 4.78 is 5.42. The third-order valence-electron chi connectivity index (χ3n) is 3.17. The molecule has 0 amide bonds. The number of hydrogen-bond donors (Lipinski definition) is 1. The molecular formula is C11H24N2O. The quantitative estimate of drug-likeness (QED) is 0.719. The Kier molecular flexibility index (Phi) is 5.45. The Hall–Kier alpha value is -0.120. The molecule has 2 unspecified atom stereocenters. The van der Waals surface area contributed by atoms with Crippen molar-refractivity contribution in [3.05, 3.63) is 0 Å². The zero-order valence-corrected chi connectivity index (χ0v) is 9.75. The van der Waals surface area contributed by atoms with Crippen molar-refractivity contribution in [1.82, 2.24) is 10.2 Å². The minimum atomic E-state index is 0.565. The lowest BCUT2D eigenvalue weighted by Gasteiger charge is -2.28. The minimum Gasteiger partial charge on any atom is -0.379 e. The van der Waals surface area contributed by atoms with E-state index in [9.17, 15) is 0 Å². The standard InChI is InChI=1S/C11H24N2O/c1-4-10(2)13(3)7-5-11-9-14-8-6-12-11/h10-12H,4-9H2,1-3H3. The van der Waals surface area contributed by atoms with Gasteiger partial charge in [0.1, 0.15) is 0 Å². The normalized spacial score (nSPS) is 25.3. The molecule has 1 N–H and O–H groups in total. The van der Waals surface area contributed by atoms with Crippen molar-refractivity contribution in [2.75, 3.05) is 33.4 Å². The fourth-order valence-electron chi connectivity index (χ4n) is 1.70. The predicted octanol–water partition coefficient (Wildman–Crippen LogP) is 1.10. The van der Waals surface area contributed by atoms with E-state index in [2.05, 4.69) is 31.1 Å². The van der Waals surface area contributed by atoms with Crippen LogP contribution in [-0.4, -0.2) is 50.3 Å². The van der Waals surface area contributed by atoms with Crippen molar-refractivity contribution in [3.8, 4) is 0 Å². The largest absolute Gasteiger partial charge is 0.379 e. The maximum atomic E-state index is 5.42. The Balaban J connectivity index is 2.12. The second-order valence-electron chi connectivity index (χ2n) is 4.25. The van der Waals surface area contributed by atoms with Crippen molar-refractivity contribution < 1.29 is 4.74 Å². The van der Waals surface area contributed by atoms with Crippen molar-refractivity contribution >= 4 is 0 Å². The molecule has 1 saturated heterocycles. The number of morpholine rings is 1. The summed E-state index contributed by atoms with van der Waals surface area (Å²) in [5.74, 6) is 0. The summed E-state index contributed by atoms with van der Waals surface area (Å²) in [5.41, 5.74) is 0. The number of nitrogens with one attached hydrogen (secondary N) is 1. The Morgan fingerprint density at radius 1 is 1.57 bits per heavy atom. The van der Waals surface area contributed by atoms with Gasteiger partial charge in [-0.15, -0.1) is 0 Å². The molecule has 14 heavy (non-hydrogen) atoms. The van der Waals surface area contributed by atoms with Gasteiger partial charge < -0.3 is 15.0 Å². The van der Waals surface area contributed by atoms with E-state index in [1.165, 1.54) is 12.8 Å². The maximum absolute atomic E-state index is 5.42. The van der Waals surface area contributed by atoms with Crippen LogP contribution >= 0.6 is 0 Å². The van der Waals surface area contributed by atoms with Crippen LogP contribution in [0.5, 0.6) is 0 Å². The van der Waals surface area contributed by atoms with Crippen molar-refractivity contribution in [1.29, 1.82) is 0 Å². The molecule has 1 aliphatic rings. The van der Waals surface area contributed by atoms with E-state index in [0.717, 1.165) is 26.3 Å². The SMILES string of the molecule is CCC(C)N(C)CCC1COCCN1. The molecule has 0 aromatic rings. The van der Waals surface area contributed by atoms with Gasteiger partial charge in [-0.2, -0.15) is 0 Å². The highest BCUT2D eigenvalue weighted by molar-refractivity contribution is 4.72. The van der Waals surface area contributed by atoms with E-state index in [0.29, 0.717) is 12.1 Å². The Morgan fingerprint density at radius 2 is 2.36 bits per heavy atom. The maximum Gasteiger partial charge on any atom is 0.0620 e. The Labute approximate surface area is 87.8 Å². The summed E-state index contributed by atoms with van der Waals surface area (Å²) in [5, 5.41) is 3.48. The van der Waals surface area contributed by atoms with Gasteiger partial charge in [-0.25, -0.2) is 0 Å². The molecule has 0 spiro atoms. The third-order valence-corrected chi connectivity index (χ3v) is 3.17. The molecule has 1 heterocycles. The molecule has 0 aliphatic carbocycles. The first kappa shape index (κ1) is 12.0. The first-order chi connectivity index (χ1) is 6.74. The fraction of sp³-hybridized carbons (Fsp3) is 1.00. The van der Waals surface area contributed by atoms with Gasteiger partial charge in [-0.3, -0.25) is 0 Å². The zero-order valence-electron chi connectivity index (χ0n) is 9.75. The molecule has 0 saturated carbocycles. The highest BCUT2D eigenvalue weighted by Crippen LogP contribution is 2.04. The van der Waals surface area contributed by atoms with Crippen molar-refractivity contribution in [3.63, 3.8) is 0 Å². The van der Waals surface area contributed by atoms with Crippen molar-refractivity contribution in [2.24, 2.45) is 0 Å². The first-order valence-corrected chi connectivity index (χ1v) is 5.75. The Bertz CT molecular complexity index is 144. The van der Waals surface area contributed by atoms with Crippen LogP contribution in [-0.2, 0) is 4.74 Å². The fourth-order valence-corrected chi connectivity index (χ4v) is 1.70. The van der Waals surface area contributed by atoms with E-state index < -0.39 is 0 Å². The summed E-state index contributed by atoms with van der Waals surface area (Å²) >= 11 is 0. The highest BCUT2D eigenvalue weighted by atomic mass is 16.5. The second-order valence-corrected chi connectivity index (χ2v) is 4.25. The predicted molar refractivity (Wildman–Crippen MR) is 59.6 cm³/mol. The summed E-state index contributed by atoms with van der Waals surface area (Å²) in [6.45, 7) is 8.45. The monoisotopic (exact) mass is 200 g/mol. The summed E-state index contributed by atoms with van der Waals surface area (Å²) in [7, 11) is 2.21. The first-order valence-electron chi connectivity index (χ1n) is 5.75.